The molecule has 8 aromatic carbocycles. The SMILES string of the molecule is CC1(C)c2ccccc2-c2cc(N(c3ccc(-c4ccc(-n5c6ccccc6c6ccccc65)cc4)cc3)c3cccc4c3-c3ccccc3C4(C)C)ccc21. The van der Waals surface area contributed by atoms with E-state index in [2.05, 4.69) is 219 Å². The maximum absolute atomic E-state index is 2.49. The highest BCUT2D eigenvalue weighted by Gasteiger charge is 2.39. The number of aromatic nitrogens is 1. The average molecular weight is 719 g/mol. The Morgan fingerprint density at radius 2 is 0.893 bits per heavy atom. The van der Waals surface area contributed by atoms with Crippen LogP contribution in [0.5, 0.6) is 0 Å². The summed E-state index contributed by atoms with van der Waals surface area (Å²) in [5, 5.41) is 2.56. The summed E-state index contributed by atoms with van der Waals surface area (Å²) >= 11 is 0. The van der Waals surface area contributed by atoms with Crippen molar-refractivity contribution in [3.8, 4) is 39.1 Å². The third kappa shape index (κ3) is 4.62. The predicted octanol–water partition coefficient (Wildman–Crippen LogP) is 14.5. The van der Waals surface area contributed by atoms with Crippen LogP contribution in [0.25, 0.3) is 60.9 Å². The van der Waals surface area contributed by atoms with Gasteiger partial charge in [0, 0.05) is 44.2 Å². The zero-order valence-electron chi connectivity index (χ0n) is 32.2. The van der Waals surface area contributed by atoms with Gasteiger partial charge in [-0.3, -0.25) is 0 Å². The summed E-state index contributed by atoms with van der Waals surface area (Å²) in [6, 6.07) is 67.5. The third-order valence-corrected chi connectivity index (χ3v) is 12.8. The lowest BCUT2D eigenvalue weighted by Crippen LogP contribution is -2.16. The molecular formula is C54H42N2. The second-order valence-electron chi connectivity index (χ2n) is 16.6. The van der Waals surface area contributed by atoms with Crippen LogP contribution < -0.4 is 4.90 Å². The maximum Gasteiger partial charge on any atom is 0.0543 e. The van der Waals surface area contributed by atoms with Crippen LogP contribution in [-0.4, -0.2) is 4.57 Å². The molecule has 0 atom stereocenters. The minimum atomic E-state index is -0.0935. The van der Waals surface area contributed by atoms with Crippen molar-refractivity contribution in [1.82, 2.24) is 4.57 Å². The van der Waals surface area contributed by atoms with Crippen LogP contribution in [0, 0.1) is 0 Å². The monoisotopic (exact) mass is 718 g/mol. The summed E-state index contributed by atoms with van der Waals surface area (Å²) in [7, 11) is 0. The molecule has 56 heavy (non-hydrogen) atoms. The second-order valence-corrected chi connectivity index (χ2v) is 16.6. The molecule has 0 spiro atoms. The molecule has 0 saturated carbocycles. The third-order valence-electron chi connectivity index (χ3n) is 12.8. The average Bonchev–Trinajstić information content (AvgIpc) is 3.79. The molecular weight excluding hydrogens is 677 g/mol. The Bertz CT molecular complexity index is 2960. The highest BCUT2D eigenvalue weighted by Crippen LogP contribution is 2.55. The molecule has 1 aromatic heterocycles. The summed E-state index contributed by atoms with van der Waals surface area (Å²) < 4.78 is 2.38. The van der Waals surface area contributed by atoms with E-state index in [1.807, 2.05) is 0 Å². The van der Waals surface area contributed by atoms with E-state index in [0.717, 1.165) is 17.1 Å². The molecule has 0 radical (unpaired) electrons. The molecule has 11 rings (SSSR count). The van der Waals surface area contributed by atoms with Crippen LogP contribution in [0.2, 0.25) is 0 Å². The molecule has 0 bridgehead atoms. The van der Waals surface area contributed by atoms with Crippen molar-refractivity contribution in [2.24, 2.45) is 0 Å². The van der Waals surface area contributed by atoms with Crippen molar-refractivity contribution in [1.29, 1.82) is 0 Å². The molecule has 9 aromatic rings. The van der Waals surface area contributed by atoms with Crippen molar-refractivity contribution >= 4 is 38.9 Å². The largest absolute Gasteiger partial charge is 0.310 e. The number of anilines is 3. The fraction of sp³-hybridized carbons (Fsp3) is 0.111. The molecule has 0 fully saturated rings. The molecule has 0 aliphatic heterocycles. The van der Waals surface area contributed by atoms with Crippen LogP contribution in [0.3, 0.4) is 0 Å². The smallest absolute Gasteiger partial charge is 0.0543 e. The van der Waals surface area contributed by atoms with Crippen molar-refractivity contribution in [3.63, 3.8) is 0 Å². The highest BCUT2D eigenvalue weighted by atomic mass is 15.1. The normalized spacial score (nSPS) is 14.4. The standard InChI is InChI=1S/C54H42N2/c1-53(2)45-18-9-5-14-40(45)44-34-39(32-33-47(44)53)55(51-23-13-20-48-52(51)43-17-6-10-19-46(43)54(48,3)4)37-28-24-35(25-29-37)36-26-30-38(31-27-36)56-49-21-11-7-15-41(49)42-16-8-12-22-50(42)56/h5-34H,1-4H3. The Morgan fingerprint density at radius 1 is 0.393 bits per heavy atom. The lowest BCUT2D eigenvalue weighted by atomic mass is 9.82. The molecule has 0 unspecified atom stereocenters. The lowest BCUT2D eigenvalue weighted by Gasteiger charge is -2.30. The van der Waals surface area contributed by atoms with Gasteiger partial charge < -0.3 is 9.47 Å². The van der Waals surface area contributed by atoms with Gasteiger partial charge in [-0.1, -0.05) is 155 Å². The molecule has 0 N–H and O–H groups in total. The second kappa shape index (κ2) is 11.9. The molecule has 0 saturated heterocycles. The number of benzene rings is 8. The van der Waals surface area contributed by atoms with E-state index in [-0.39, 0.29) is 10.8 Å². The van der Waals surface area contributed by atoms with Gasteiger partial charge in [-0.25, -0.2) is 0 Å². The number of hydrogen-bond acceptors (Lipinski definition) is 1. The minimum Gasteiger partial charge on any atom is -0.310 e. The molecule has 2 aliphatic rings. The quantitative estimate of drug-likeness (QED) is 0.172. The Labute approximate surface area is 328 Å². The van der Waals surface area contributed by atoms with Gasteiger partial charge in [0.25, 0.3) is 0 Å². The fourth-order valence-electron chi connectivity index (χ4n) is 10.0. The van der Waals surface area contributed by atoms with Gasteiger partial charge in [0.15, 0.2) is 0 Å². The molecule has 2 heteroatoms. The first-order chi connectivity index (χ1) is 27.3. The van der Waals surface area contributed by atoms with Crippen molar-refractivity contribution < 1.29 is 0 Å². The first-order valence-corrected chi connectivity index (χ1v) is 19.8. The number of nitrogens with zero attached hydrogens (tertiary/aromatic N) is 2. The van der Waals surface area contributed by atoms with E-state index in [9.17, 15) is 0 Å². The van der Waals surface area contributed by atoms with Crippen molar-refractivity contribution in [3.05, 3.63) is 204 Å². The first-order valence-electron chi connectivity index (χ1n) is 19.8. The number of hydrogen-bond donors (Lipinski definition) is 0. The lowest BCUT2D eigenvalue weighted by molar-refractivity contribution is 0.660. The van der Waals surface area contributed by atoms with Crippen LogP contribution in [-0.2, 0) is 10.8 Å². The van der Waals surface area contributed by atoms with Crippen LogP contribution >= 0.6 is 0 Å². The van der Waals surface area contributed by atoms with Gasteiger partial charge in [-0.05, 0) is 105 Å². The van der Waals surface area contributed by atoms with E-state index >= 15 is 0 Å². The van der Waals surface area contributed by atoms with E-state index in [0.29, 0.717) is 0 Å². The molecule has 0 amide bonds. The Morgan fingerprint density at radius 3 is 1.57 bits per heavy atom. The van der Waals surface area contributed by atoms with Crippen molar-refractivity contribution in [2.75, 3.05) is 4.90 Å². The Balaban J connectivity index is 1.04. The van der Waals surface area contributed by atoms with E-state index < -0.39 is 0 Å². The van der Waals surface area contributed by atoms with Gasteiger partial charge in [0.05, 0.1) is 16.7 Å². The zero-order chi connectivity index (χ0) is 37.8. The van der Waals surface area contributed by atoms with Crippen LogP contribution in [0.1, 0.15) is 49.9 Å². The summed E-state index contributed by atoms with van der Waals surface area (Å²) in [6.07, 6.45) is 0. The van der Waals surface area contributed by atoms with E-state index in [1.54, 1.807) is 0 Å². The summed E-state index contributed by atoms with van der Waals surface area (Å²) in [4.78, 5) is 2.49. The van der Waals surface area contributed by atoms with E-state index in [1.165, 1.54) is 83.1 Å². The van der Waals surface area contributed by atoms with Gasteiger partial charge in [-0.2, -0.15) is 0 Å². The van der Waals surface area contributed by atoms with Crippen LogP contribution in [0.4, 0.5) is 17.1 Å². The van der Waals surface area contributed by atoms with Gasteiger partial charge in [0.1, 0.15) is 0 Å². The molecule has 268 valence electrons. The zero-order valence-corrected chi connectivity index (χ0v) is 32.2. The van der Waals surface area contributed by atoms with Crippen LogP contribution in [0.15, 0.2) is 182 Å². The number of rotatable bonds is 5. The van der Waals surface area contributed by atoms with E-state index in [4.69, 9.17) is 0 Å². The number of para-hydroxylation sites is 2. The van der Waals surface area contributed by atoms with Crippen molar-refractivity contribution in [2.45, 2.75) is 38.5 Å². The molecule has 1 heterocycles. The number of fused-ring (bicyclic) bond motifs is 9. The summed E-state index contributed by atoms with van der Waals surface area (Å²) in [5.74, 6) is 0. The minimum absolute atomic E-state index is 0.0506. The van der Waals surface area contributed by atoms with Gasteiger partial charge in [0.2, 0.25) is 0 Å². The Hall–Kier alpha value is -6.64. The molecule has 2 nitrogen and oxygen atoms in total. The summed E-state index contributed by atoms with van der Waals surface area (Å²) in [6.45, 7) is 9.43. The molecule has 2 aliphatic carbocycles. The maximum atomic E-state index is 2.49. The highest BCUT2D eigenvalue weighted by molar-refractivity contribution is 6.09. The summed E-state index contributed by atoms with van der Waals surface area (Å²) in [5.41, 5.74) is 20.2. The fourth-order valence-corrected chi connectivity index (χ4v) is 10.0. The Kier molecular flexibility index (Phi) is 6.98. The predicted molar refractivity (Wildman–Crippen MR) is 236 cm³/mol. The van der Waals surface area contributed by atoms with Gasteiger partial charge >= 0.3 is 0 Å². The first kappa shape index (κ1) is 32.8. The van der Waals surface area contributed by atoms with Gasteiger partial charge in [-0.15, -0.1) is 0 Å². The topological polar surface area (TPSA) is 8.17 Å².